The fourth-order valence-electron chi connectivity index (χ4n) is 1.89. The van der Waals surface area contributed by atoms with Crippen molar-refractivity contribution in [2.75, 3.05) is 20.2 Å². The third kappa shape index (κ3) is 3.00. The average molecular weight is 248 g/mol. The van der Waals surface area contributed by atoms with E-state index in [0.29, 0.717) is 13.0 Å². The number of nitrogens with one attached hydrogen (secondary N) is 1. The van der Waals surface area contributed by atoms with Crippen LogP contribution in [-0.2, 0) is 16.0 Å². The standard InChI is InChI=1S/C13H16N2O3/c1-15-7-8-18-13(17)14-11(12(15)16)9-10-5-3-2-4-6-10/h2-6,11H,7-9H2,1H3,(H,14,17). The average Bonchev–Trinajstić information content (AvgIpc) is 2.37. The van der Waals surface area contributed by atoms with Crippen molar-refractivity contribution < 1.29 is 14.3 Å². The van der Waals surface area contributed by atoms with Crippen LogP contribution in [0.5, 0.6) is 0 Å². The van der Waals surface area contributed by atoms with E-state index < -0.39 is 12.1 Å². The zero-order valence-electron chi connectivity index (χ0n) is 10.3. The zero-order chi connectivity index (χ0) is 13.0. The van der Waals surface area contributed by atoms with E-state index >= 15 is 0 Å². The van der Waals surface area contributed by atoms with Gasteiger partial charge in [-0.2, -0.15) is 0 Å². The molecule has 1 heterocycles. The Bertz CT molecular complexity index is 433. The minimum Gasteiger partial charge on any atom is -0.448 e. The van der Waals surface area contributed by atoms with E-state index in [0.717, 1.165) is 5.56 Å². The van der Waals surface area contributed by atoms with E-state index in [1.807, 2.05) is 30.3 Å². The van der Waals surface area contributed by atoms with Gasteiger partial charge in [-0.25, -0.2) is 4.79 Å². The van der Waals surface area contributed by atoms with E-state index in [1.165, 1.54) is 0 Å². The number of hydrogen-bond acceptors (Lipinski definition) is 3. The number of ether oxygens (including phenoxy) is 1. The van der Waals surface area contributed by atoms with Gasteiger partial charge >= 0.3 is 6.09 Å². The molecule has 96 valence electrons. The predicted molar refractivity (Wildman–Crippen MR) is 66.1 cm³/mol. The molecule has 0 radical (unpaired) electrons. The number of rotatable bonds is 2. The summed E-state index contributed by atoms with van der Waals surface area (Å²) in [6.45, 7) is 0.656. The number of benzene rings is 1. The summed E-state index contributed by atoms with van der Waals surface area (Å²) in [5.41, 5.74) is 1.00. The molecule has 1 aromatic rings. The van der Waals surface area contributed by atoms with Gasteiger partial charge in [0.25, 0.3) is 0 Å². The Balaban J connectivity index is 2.11. The quantitative estimate of drug-likeness (QED) is 0.842. The van der Waals surface area contributed by atoms with Crippen LogP contribution in [0.3, 0.4) is 0 Å². The number of carbonyl (C=O) groups excluding carboxylic acids is 2. The van der Waals surface area contributed by atoms with Gasteiger partial charge in [0, 0.05) is 13.5 Å². The van der Waals surface area contributed by atoms with E-state index in [2.05, 4.69) is 5.32 Å². The highest BCUT2D eigenvalue weighted by Crippen LogP contribution is 2.07. The molecule has 1 atom stereocenters. The molecule has 2 rings (SSSR count). The monoisotopic (exact) mass is 248 g/mol. The van der Waals surface area contributed by atoms with E-state index in [9.17, 15) is 9.59 Å². The van der Waals surface area contributed by atoms with Crippen LogP contribution in [0.2, 0.25) is 0 Å². The Labute approximate surface area is 106 Å². The number of hydrogen-bond donors (Lipinski definition) is 1. The minimum absolute atomic E-state index is 0.0875. The number of nitrogens with zero attached hydrogens (tertiary/aromatic N) is 1. The highest BCUT2D eigenvalue weighted by molar-refractivity contribution is 5.86. The molecule has 0 bridgehead atoms. The Morgan fingerprint density at radius 1 is 1.33 bits per heavy atom. The fraction of sp³-hybridized carbons (Fsp3) is 0.385. The van der Waals surface area contributed by atoms with Gasteiger partial charge < -0.3 is 15.0 Å². The number of carbonyl (C=O) groups is 2. The second kappa shape index (κ2) is 5.53. The summed E-state index contributed by atoms with van der Waals surface area (Å²) < 4.78 is 4.93. The summed E-state index contributed by atoms with van der Waals surface area (Å²) in [4.78, 5) is 25.1. The molecule has 1 aliphatic rings. The van der Waals surface area contributed by atoms with Crippen molar-refractivity contribution in [1.82, 2.24) is 10.2 Å². The lowest BCUT2D eigenvalue weighted by Crippen LogP contribution is -2.51. The van der Waals surface area contributed by atoms with Crippen LogP contribution in [0.1, 0.15) is 5.56 Å². The largest absolute Gasteiger partial charge is 0.448 e. The third-order valence-corrected chi connectivity index (χ3v) is 2.91. The molecule has 1 aliphatic heterocycles. The Morgan fingerprint density at radius 2 is 2.06 bits per heavy atom. The van der Waals surface area contributed by atoms with Crippen LogP contribution in [-0.4, -0.2) is 43.1 Å². The van der Waals surface area contributed by atoms with Crippen LogP contribution in [0.25, 0.3) is 0 Å². The molecule has 5 heteroatoms. The SMILES string of the molecule is CN1CCOC(=O)NC(Cc2ccccc2)C1=O. The summed E-state index contributed by atoms with van der Waals surface area (Å²) in [5.74, 6) is -0.0875. The Hall–Kier alpha value is -2.04. The molecule has 1 unspecified atom stereocenters. The van der Waals surface area contributed by atoms with Crippen molar-refractivity contribution in [1.29, 1.82) is 0 Å². The number of alkyl carbamates (subject to hydrolysis) is 1. The topological polar surface area (TPSA) is 58.6 Å². The first-order valence-electron chi connectivity index (χ1n) is 5.89. The smallest absolute Gasteiger partial charge is 0.407 e. The summed E-state index contributed by atoms with van der Waals surface area (Å²) in [5, 5.41) is 2.60. The van der Waals surface area contributed by atoms with Gasteiger partial charge in [-0.05, 0) is 5.56 Å². The first kappa shape index (κ1) is 12.4. The second-order valence-corrected chi connectivity index (χ2v) is 4.28. The first-order chi connectivity index (χ1) is 8.66. The molecule has 0 aliphatic carbocycles. The molecule has 0 aromatic heterocycles. The lowest BCUT2D eigenvalue weighted by Gasteiger charge is -2.27. The normalized spacial score (nSPS) is 20.7. The highest BCUT2D eigenvalue weighted by Gasteiger charge is 2.26. The predicted octanol–water partition coefficient (Wildman–Crippen LogP) is 0.796. The maximum atomic E-state index is 12.1. The molecule has 2 amide bonds. The van der Waals surface area contributed by atoms with Gasteiger partial charge in [0.15, 0.2) is 0 Å². The Morgan fingerprint density at radius 3 is 2.78 bits per heavy atom. The maximum absolute atomic E-state index is 12.1. The van der Waals surface area contributed by atoms with Crippen molar-refractivity contribution in [3.05, 3.63) is 35.9 Å². The molecule has 1 fully saturated rings. The first-order valence-corrected chi connectivity index (χ1v) is 5.89. The minimum atomic E-state index is -0.565. The molecular formula is C13H16N2O3. The van der Waals surface area contributed by atoms with Gasteiger partial charge in [0.05, 0.1) is 6.54 Å². The second-order valence-electron chi connectivity index (χ2n) is 4.28. The van der Waals surface area contributed by atoms with Gasteiger partial charge in [-0.3, -0.25) is 4.79 Å². The van der Waals surface area contributed by atoms with Crippen LogP contribution in [0, 0.1) is 0 Å². The maximum Gasteiger partial charge on any atom is 0.407 e. The van der Waals surface area contributed by atoms with Crippen molar-refractivity contribution >= 4 is 12.0 Å². The van der Waals surface area contributed by atoms with Crippen molar-refractivity contribution in [3.63, 3.8) is 0 Å². The molecule has 0 saturated carbocycles. The van der Waals surface area contributed by atoms with Crippen LogP contribution in [0.15, 0.2) is 30.3 Å². The summed E-state index contributed by atoms with van der Waals surface area (Å²) in [6, 6.07) is 9.02. The van der Waals surface area contributed by atoms with Gasteiger partial charge in [-0.15, -0.1) is 0 Å². The molecule has 1 N–H and O–H groups in total. The molecule has 5 nitrogen and oxygen atoms in total. The molecule has 0 spiro atoms. The van der Waals surface area contributed by atoms with Crippen molar-refractivity contribution in [2.24, 2.45) is 0 Å². The summed E-state index contributed by atoms with van der Waals surface area (Å²) in [7, 11) is 1.71. The van der Waals surface area contributed by atoms with Crippen molar-refractivity contribution in [3.8, 4) is 0 Å². The zero-order valence-corrected chi connectivity index (χ0v) is 10.3. The molecule has 1 aromatic carbocycles. The molecule has 1 saturated heterocycles. The van der Waals surface area contributed by atoms with Crippen molar-refractivity contribution in [2.45, 2.75) is 12.5 Å². The lowest BCUT2D eigenvalue weighted by atomic mass is 10.0. The Kier molecular flexibility index (Phi) is 3.82. The van der Waals surface area contributed by atoms with Gasteiger partial charge in [0.2, 0.25) is 5.91 Å². The van der Waals surface area contributed by atoms with Crippen LogP contribution < -0.4 is 5.32 Å². The molecular weight excluding hydrogens is 232 g/mol. The van der Waals surface area contributed by atoms with Gasteiger partial charge in [-0.1, -0.05) is 30.3 Å². The number of amides is 2. The third-order valence-electron chi connectivity index (χ3n) is 2.91. The van der Waals surface area contributed by atoms with Crippen LogP contribution >= 0.6 is 0 Å². The van der Waals surface area contributed by atoms with E-state index in [-0.39, 0.29) is 12.5 Å². The number of cyclic esters (lactones) is 1. The number of likely N-dealkylation sites (N-methyl/N-ethyl adjacent to an activating group) is 1. The van der Waals surface area contributed by atoms with E-state index in [4.69, 9.17) is 4.74 Å². The van der Waals surface area contributed by atoms with E-state index in [1.54, 1.807) is 11.9 Å². The summed E-state index contributed by atoms with van der Waals surface area (Å²) in [6.07, 6.45) is -0.0589. The fourth-order valence-corrected chi connectivity index (χ4v) is 1.89. The molecule has 18 heavy (non-hydrogen) atoms. The highest BCUT2D eigenvalue weighted by atomic mass is 16.5. The summed E-state index contributed by atoms with van der Waals surface area (Å²) >= 11 is 0. The lowest BCUT2D eigenvalue weighted by molar-refractivity contribution is -0.133. The van der Waals surface area contributed by atoms with Crippen LogP contribution in [0.4, 0.5) is 4.79 Å². The van der Waals surface area contributed by atoms with Gasteiger partial charge in [0.1, 0.15) is 12.6 Å².